The number of aryl methyl sites for hydroxylation is 1. The van der Waals surface area contributed by atoms with E-state index in [-0.39, 0.29) is 39.9 Å². The van der Waals surface area contributed by atoms with E-state index in [0.29, 0.717) is 57.0 Å². The molecule has 0 atom stereocenters. The number of anilines is 1. The number of carboxylic acid groups (broad SMARTS) is 1. The van der Waals surface area contributed by atoms with Gasteiger partial charge in [0, 0.05) is 24.2 Å². The van der Waals surface area contributed by atoms with Gasteiger partial charge in [0.25, 0.3) is 5.91 Å². The predicted octanol–water partition coefficient (Wildman–Crippen LogP) is 7.90. The minimum atomic E-state index is -1.02. The van der Waals surface area contributed by atoms with E-state index in [1.165, 1.54) is 24.1 Å². The molecule has 1 fully saturated rings. The highest BCUT2D eigenvalue weighted by atomic mass is 35.5. The maximum absolute atomic E-state index is 12.9. The highest BCUT2D eigenvalue weighted by Crippen LogP contribution is 2.37. The number of nitrogens with zero attached hydrogens (tertiary/aromatic N) is 1. The standard InChI is InChI=1S/C37H44ClN3O7/c1-37(2,3)48-35(44)40-27-14-16-28(17-15-27)41(36(45)46)32-20-24(13-18-29(32)25-11-6-5-7-12-25)10-8-9-19-39-34(43)30-22-33(47-4)26(23-42)21-31(30)38/h5-7,11-13,18,20-23,27-28H,8-10,14-17,19H2,1-4H3,(H,39,43)(H,40,44)(H,45,46). The Morgan fingerprint density at radius 2 is 1.71 bits per heavy atom. The molecule has 11 heteroatoms. The number of hydrogen-bond acceptors (Lipinski definition) is 6. The number of aldehydes is 1. The van der Waals surface area contributed by atoms with Gasteiger partial charge in [-0.05, 0) is 95.0 Å². The molecule has 3 amide bonds. The lowest BCUT2D eigenvalue weighted by molar-refractivity contribution is 0.0490. The summed E-state index contributed by atoms with van der Waals surface area (Å²) in [6.45, 7) is 5.86. The van der Waals surface area contributed by atoms with Crippen LogP contribution in [-0.2, 0) is 11.2 Å². The minimum Gasteiger partial charge on any atom is -0.496 e. The highest BCUT2D eigenvalue weighted by molar-refractivity contribution is 6.34. The Bertz CT molecular complexity index is 1600. The fourth-order valence-electron chi connectivity index (χ4n) is 5.97. The zero-order valence-corrected chi connectivity index (χ0v) is 28.6. The van der Waals surface area contributed by atoms with Crippen molar-refractivity contribution in [3.05, 3.63) is 82.4 Å². The van der Waals surface area contributed by atoms with Gasteiger partial charge in [0.15, 0.2) is 6.29 Å². The number of rotatable bonds is 12. The van der Waals surface area contributed by atoms with Gasteiger partial charge in [0.05, 0.1) is 28.9 Å². The van der Waals surface area contributed by atoms with Crippen molar-refractivity contribution in [3.63, 3.8) is 0 Å². The SMILES string of the molecule is COc1cc(C(=O)NCCCCc2ccc(-c3ccccc3)c(N(C(=O)O)C3CCC(NC(=O)OC(C)(C)C)CC3)c2)c(Cl)cc1C=O. The highest BCUT2D eigenvalue weighted by Gasteiger charge is 2.32. The molecule has 0 bridgehead atoms. The smallest absolute Gasteiger partial charge is 0.412 e. The van der Waals surface area contributed by atoms with Crippen molar-refractivity contribution in [2.24, 2.45) is 0 Å². The molecule has 0 saturated heterocycles. The van der Waals surface area contributed by atoms with E-state index in [1.807, 2.05) is 69.3 Å². The first-order valence-electron chi connectivity index (χ1n) is 16.2. The molecular weight excluding hydrogens is 634 g/mol. The average Bonchev–Trinajstić information content (AvgIpc) is 3.04. The van der Waals surface area contributed by atoms with Gasteiger partial charge < -0.3 is 25.2 Å². The van der Waals surface area contributed by atoms with Crippen LogP contribution in [0.5, 0.6) is 5.75 Å². The number of amides is 3. The fourth-order valence-corrected chi connectivity index (χ4v) is 6.22. The van der Waals surface area contributed by atoms with Gasteiger partial charge >= 0.3 is 12.2 Å². The molecule has 10 nitrogen and oxygen atoms in total. The van der Waals surface area contributed by atoms with Crippen LogP contribution >= 0.6 is 11.6 Å². The summed E-state index contributed by atoms with van der Waals surface area (Å²) in [5, 5.41) is 16.5. The van der Waals surface area contributed by atoms with Gasteiger partial charge in [-0.15, -0.1) is 0 Å². The first-order valence-corrected chi connectivity index (χ1v) is 16.6. The van der Waals surface area contributed by atoms with Crippen LogP contribution in [0.2, 0.25) is 5.02 Å². The second-order valence-corrected chi connectivity index (χ2v) is 13.3. The number of carbonyl (C=O) groups is 4. The largest absolute Gasteiger partial charge is 0.496 e. The average molecular weight is 678 g/mol. The molecule has 3 aromatic rings. The maximum atomic E-state index is 12.9. The molecule has 0 aliphatic heterocycles. The Labute approximate surface area is 286 Å². The van der Waals surface area contributed by atoms with Crippen molar-refractivity contribution in [3.8, 4) is 16.9 Å². The molecule has 256 valence electrons. The lowest BCUT2D eigenvalue weighted by Gasteiger charge is -2.36. The number of carbonyl (C=O) groups excluding carboxylic acids is 3. The summed E-state index contributed by atoms with van der Waals surface area (Å²) >= 11 is 6.23. The number of hydrogen-bond donors (Lipinski definition) is 3. The third-order valence-electron chi connectivity index (χ3n) is 8.26. The second kappa shape index (κ2) is 16.5. The van der Waals surface area contributed by atoms with Crippen molar-refractivity contribution in [1.82, 2.24) is 10.6 Å². The summed E-state index contributed by atoms with van der Waals surface area (Å²) in [5.41, 5.74) is 3.26. The third kappa shape index (κ3) is 9.73. The number of nitrogens with one attached hydrogen (secondary N) is 2. The van der Waals surface area contributed by atoms with Crippen molar-refractivity contribution < 1.29 is 33.8 Å². The van der Waals surface area contributed by atoms with Crippen molar-refractivity contribution >= 4 is 41.7 Å². The summed E-state index contributed by atoms with van der Waals surface area (Å²) in [5.74, 6) is -0.0893. The Morgan fingerprint density at radius 1 is 1.00 bits per heavy atom. The third-order valence-corrected chi connectivity index (χ3v) is 8.58. The minimum absolute atomic E-state index is 0.0825. The molecule has 3 N–H and O–H groups in total. The Hall–Kier alpha value is -4.57. The van der Waals surface area contributed by atoms with Crippen LogP contribution in [0.15, 0.2) is 60.7 Å². The molecule has 0 radical (unpaired) electrons. The molecule has 0 heterocycles. The molecule has 0 aromatic heterocycles. The molecule has 48 heavy (non-hydrogen) atoms. The Morgan fingerprint density at radius 3 is 2.33 bits per heavy atom. The van der Waals surface area contributed by atoms with Crippen LogP contribution in [0.4, 0.5) is 15.3 Å². The van der Waals surface area contributed by atoms with Gasteiger partial charge in [0.2, 0.25) is 0 Å². The molecule has 1 aliphatic carbocycles. The zero-order valence-electron chi connectivity index (χ0n) is 27.9. The molecule has 0 spiro atoms. The number of benzene rings is 3. The van der Waals surface area contributed by atoms with E-state index in [1.54, 1.807) is 0 Å². The number of unbranched alkanes of at least 4 members (excludes halogenated alkanes) is 1. The molecule has 3 aromatic carbocycles. The van der Waals surface area contributed by atoms with E-state index in [4.69, 9.17) is 21.1 Å². The van der Waals surface area contributed by atoms with E-state index in [2.05, 4.69) is 10.6 Å². The fraction of sp³-hybridized carbons (Fsp3) is 0.405. The Kier molecular flexibility index (Phi) is 12.5. The van der Waals surface area contributed by atoms with Crippen LogP contribution in [0.3, 0.4) is 0 Å². The zero-order chi connectivity index (χ0) is 34.8. The summed E-state index contributed by atoms with van der Waals surface area (Å²) < 4.78 is 10.6. The second-order valence-electron chi connectivity index (χ2n) is 12.9. The van der Waals surface area contributed by atoms with Gasteiger partial charge in [0.1, 0.15) is 11.4 Å². The van der Waals surface area contributed by atoms with E-state index in [0.717, 1.165) is 23.1 Å². The lowest BCUT2D eigenvalue weighted by atomic mass is 9.89. The first-order chi connectivity index (χ1) is 22.9. The Balaban J connectivity index is 1.43. The predicted molar refractivity (Wildman–Crippen MR) is 186 cm³/mol. The van der Waals surface area contributed by atoms with E-state index in [9.17, 15) is 24.3 Å². The van der Waals surface area contributed by atoms with Gasteiger partial charge in [-0.25, -0.2) is 9.59 Å². The van der Waals surface area contributed by atoms with Crippen LogP contribution in [0.25, 0.3) is 11.1 Å². The normalized spacial score (nSPS) is 16.0. The number of methoxy groups -OCH3 is 1. The van der Waals surface area contributed by atoms with Crippen molar-refractivity contribution in [2.45, 2.75) is 83.4 Å². The van der Waals surface area contributed by atoms with Crippen LogP contribution < -0.4 is 20.3 Å². The van der Waals surface area contributed by atoms with E-state index < -0.39 is 17.8 Å². The lowest BCUT2D eigenvalue weighted by Crippen LogP contribution is -2.47. The van der Waals surface area contributed by atoms with Crippen LogP contribution in [-0.4, -0.2) is 60.8 Å². The van der Waals surface area contributed by atoms with Crippen molar-refractivity contribution in [2.75, 3.05) is 18.6 Å². The summed E-state index contributed by atoms with van der Waals surface area (Å²) in [6.07, 6.45) is 3.72. The van der Waals surface area contributed by atoms with Crippen LogP contribution in [0, 0.1) is 0 Å². The van der Waals surface area contributed by atoms with Gasteiger partial charge in [-0.3, -0.25) is 14.5 Å². The first kappa shape index (κ1) is 36.3. The molecular formula is C37H44ClN3O7. The summed E-state index contributed by atoms with van der Waals surface area (Å²) in [7, 11) is 1.42. The van der Waals surface area contributed by atoms with Crippen molar-refractivity contribution in [1.29, 1.82) is 0 Å². The molecule has 1 saturated carbocycles. The number of alkyl carbamates (subject to hydrolysis) is 1. The van der Waals surface area contributed by atoms with E-state index >= 15 is 0 Å². The quantitative estimate of drug-likeness (QED) is 0.131. The number of halogens is 1. The molecule has 4 rings (SSSR count). The van der Waals surface area contributed by atoms with Gasteiger partial charge in [-0.1, -0.05) is 54.1 Å². The number of ether oxygens (including phenoxy) is 2. The molecule has 0 unspecified atom stereocenters. The monoisotopic (exact) mass is 677 g/mol. The molecule has 1 aliphatic rings. The maximum Gasteiger partial charge on any atom is 0.412 e. The van der Waals surface area contributed by atoms with Gasteiger partial charge in [-0.2, -0.15) is 0 Å². The summed E-state index contributed by atoms with van der Waals surface area (Å²) in [4.78, 5) is 50.7. The van der Waals surface area contributed by atoms with Crippen LogP contribution in [0.1, 0.15) is 85.6 Å². The summed E-state index contributed by atoms with van der Waals surface area (Å²) in [6, 6.07) is 18.2. The topological polar surface area (TPSA) is 134 Å².